The maximum absolute atomic E-state index is 12.4. The average molecular weight is 324 g/mol. The lowest BCUT2D eigenvalue weighted by Gasteiger charge is -2.05. The fraction of sp³-hybridized carbons (Fsp3) is 0.125. The van der Waals surface area contributed by atoms with Gasteiger partial charge in [0.05, 0.1) is 30.3 Å². The highest BCUT2D eigenvalue weighted by Crippen LogP contribution is 2.17. The molecule has 0 aliphatic heterocycles. The van der Waals surface area contributed by atoms with Crippen LogP contribution in [-0.4, -0.2) is 27.2 Å². The predicted molar refractivity (Wildman–Crippen MR) is 84.5 cm³/mol. The molecule has 24 heavy (non-hydrogen) atoms. The van der Waals surface area contributed by atoms with Crippen LogP contribution in [0.2, 0.25) is 0 Å². The van der Waals surface area contributed by atoms with Gasteiger partial charge in [-0.2, -0.15) is 5.26 Å². The summed E-state index contributed by atoms with van der Waals surface area (Å²) in [5.74, 6) is -0.529. The van der Waals surface area contributed by atoms with Gasteiger partial charge >= 0.3 is 0 Å². The molecule has 0 spiro atoms. The number of nitrogens with one attached hydrogen (secondary N) is 1. The largest absolute Gasteiger partial charge is 0.445 e. The van der Waals surface area contributed by atoms with Crippen LogP contribution < -0.4 is 10.9 Å². The highest BCUT2D eigenvalue weighted by molar-refractivity contribution is 6.11. The van der Waals surface area contributed by atoms with E-state index in [-0.39, 0.29) is 29.8 Å². The summed E-state index contributed by atoms with van der Waals surface area (Å²) in [6.45, 7) is -0.151. The van der Waals surface area contributed by atoms with E-state index in [0.717, 1.165) is 0 Å². The Kier molecular flexibility index (Phi) is 4.09. The van der Waals surface area contributed by atoms with Crippen LogP contribution in [0, 0.1) is 11.3 Å². The number of furan rings is 1. The van der Waals surface area contributed by atoms with Gasteiger partial charge in [0.25, 0.3) is 11.5 Å². The number of nitriles is 1. The number of rotatable bonds is 4. The minimum Gasteiger partial charge on any atom is -0.445 e. The maximum atomic E-state index is 12.4. The molecule has 1 amide bonds. The number of nitrogens with zero attached hydrogens (tertiary/aromatic N) is 3. The first kappa shape index (κ1) is 15.5. The molecular formula is C16H12N4O4. The van der Waals surface area contributed by atoms with Gasteiger partial charge < -0.3 is 14.8 Å². The zero-order valence-corrected chi connectivity index (χ0v) is 12.4. The van der Waals surface area contributed by atoms with Gasteiger partial charge in [-0.25, -0.2) is 4.98 Å². The second-order valence-corrected chi connectivity index (χ2v) is 4.94. The molecule has 2 heterocycles. The highest BCUT2D eigenvalue weighted by atomic mass is 16.3. The minimum atomic E-state index is -0.529. The summed E-state index contributed by atoms with van der Waals surface area (Å²) in [6.07, 6.45) is 2.42. The van der Waals surface area contributed by atoms with E-state index in [2.05, 4.69) is 10.3 Å². The van der Waals surface area contributed by atoms with Crippen molar-refractivity contribution in [1.29, 1.82) is 5.26 Å². The number of aromatic nitrogens is 2. The molecule has 0 saturated carbocycles. The van der Waals surface area contributed by atoms with E-state index in [4.69, 9.17) is 14.8 Å². The van der Waals surface area contributed by atoms with Gasteiger partial charge in [0, 0.05) is 5.69 Å². The van der Waals surface area contributed by atoms with E-state index in [9.17, 15) is 9.59 Å². The van der Waals surface area contributed by atoms with Crippen molar-refractivity contribution in [3.63, 3.8) is 0 Å². The van der Waals surface area contributed by atoms with Crippen LogP contribution in [-0.2, 0) is 6.54 Å². The number of hydrogen-bond donors (Lipinski definition) is 2. The second-order valence-electron chi connectivity index (χ2n) is 4.94. The molecule has 1 aromatic carbocycles. The molecular weight excluding hydrogens is 312 g/mol. The number of hydrogen-bond acceptors (Lipinski definition) is 6. The number of benzene rings is 1. The van der Waals surface area contributed by atoms with Crippen molar-refractivity contribution in [2.45, 2.75) is 6.54 Å². The lowest BCUT2D eigenvalue weighted by molar-refractivity contribution is 0.102. The maximum Gasteiger partial charge on any atom is 0.265 e. The van der Waals surface area contributed by atoms with E-state index in [1.165, 1.54) is 17.2 Å². The van der Waals surface area contributed by atoms with Crippen LogP contribution in [0.4, 0.5) is 5.69 Å². The summed E-state index contributed by atoms with van der Waals surface area (Å²) >= 11 is 0. The van der Waals surface area contributed by atoms with Gasteiger partial charge in [0.2, 0.25) is 5.71 Å². The van der Waals surface area contributed by atoms with Gasteiger partial charge in [-0.05, 0) is 24.3 Å². The van der Waals surface area contributed by atoms with Gasteiger partial charge in [0.1, 0.15) is 18.0 Å². The molecule has 3 aromatic rings. The zero-order valence-electron chi connectivity index (χ0n) is 12.4. The molecule has 0 aliphatic rings. The molecule has 0 unspecified atom stereocenters. The molecule has 2 N–H and O–H groups in total. The number of carbonyl (C=O) groups is 1. The topological polar surface area (TPSA) is 121 Å². The monoisotopic (exact) mass is 324 g/mol. The minimum absolute atomic E-state index is 0.0529. The van der Waals surface area contributed by atoms with Gasteiger partial charge in [0.15, 0.2) is 0 Å². The Hall–Kier alpha value is -3.44. The fourth-order valence-corrected chi connectivity index (χ4v) is 2.23. The Labute approximate surface area is 135 Å². The first-order valence-electron chi connectivity index (χ1n) is 7.03. The Morgan fingerprint density at radius 1 is 1.38 bits per heavy atom. The second kappa shape index (κ2) is 6.36. The standard InChI is InChI=1S/C16H12N4O4/c17-7-10-1-3-11(4-2-10)19-14(22)12-8-24-15-13(12)16(23)20(5-6-21)9-18-15/h1-4,8-9,21H,5-6H2,(H,19,22). The molecule has 0 saturated heterocycles. The SMILES string of the molecule is N#Cc1ccc(NC(=O)c2coc3ncn(CCO)c(=O)c23)cc1. The van der Waals surface area contributed by atoms with Crippen molar-refractivity contribution >= 4 is 22.7 Å². The fourth-order valence-electron chi connectivity index (χ4n) is 2.23. The number of aliphatic hydroxyl groups excluding tert-OH is 1. The quantitative estimate of drug-likeness (QED) is 0.741. The summed E-state index contributed by atoms with van der Waals surface area (Å²) in [7, 11) is 0. The highest BCUT2D eigenvalue weighted by Gasteiger charge is 2.19. The molecule has 120 valence electrons. The van der Waals surface area contributed by atoms with Crippen molar-refractivity contribution in [2.24, 2.45) is 0 Å². The van der Waals surface area contributed by atoms with Crippen LogP contribution in [0.5, 0.6) is 0 Å². The Morgan fingerprint density at radius 2 is 2.12 bits per heavy atom. The summed E-state index contributed by atoms with van der Waals surface area (Å²) in [5.41, 5.74) is 0.594. The average Bonchev–Trinajstić information content (AvgIpc) is 3.03. The summed E-state index contributed by atoms with van der Waals surface area (Å²) in [4.78, 5) is 28.7. The van der Waals surface area contributed by atoms with Crippen LogP contribution in [0.15, 0.2) is 46.1 Å². The lowest BCUT2D eigenvalue weighted by Crippen LogP contribution is -2.23. The van der Waals surface area contributed by atoms with Crippen molar-refractivity contribution in [2.75, 3.05) is 11.9 Å². The number of anilines is 1. The third kappa shape index (κ3) is 2.76. The summed E-state index contributed by atoms with van der Waals surface area (Å²) in [5, 5.41) is 20.4. The van der Waals surface area contributed by atoms with Crippen molar-refractivity contribution in [3.05, 3.63) is 58.3 Å². The lowest BCUT2D eigenvalue weighted by atomic mass is 10.2. The normalized spacial score (nSPS) is 10.5. The number of amides is 1. The predicted octanol–water partition coefficient (Wildman–Crippen LogP) is 1.11. The van der Waals surface area contributed by atoms with Crippen LogP contribution in [0.25, 0.3) is 11.1 Å². The Balaban J connectivity index is 1.96. The third-order valence-electron chi connectivity index (χ3n) is 3.42. The molecule has 0 bridgehead atoms. The first-order valence-corrected chi connectivity index (χ1v) is 7.03. The third-order valence-corrected chi connectivity index (χ3v) is 3.42. The molecule has 0 aliphatic carbocycles. The molecule has 3 rings (SSSR count). The van der Waals surface area contributed by atoms with E-state index in [0.29, 0.717) is 11.3 Å². The molecule has 0 fully saturated rings. The zero-order chi connectivity index (χ0) is 17.1. The Bertz CT molecular complexity index is 996. The molecule has 8 nitrogen and oxygen atoms in total. The van der Waals surface area contributed by atoms with Crippen molar-refractivity contribution in [1.82, 2.24) is 9.55 Å². The van der Waals surface area contributed by atoms with Crippen LogP contribution in [0.1, 0.15) is 15.9 Å². The van der Waals surface area contributed by atoms with Gasteiger partial charge in [-0.1, -0.05) is 0 Å². The number of carbonyl (C=O) groups excluding carboxylic acids is 1. The van der Waals surface area contributed by atoms with Gasteiger partial charge in [-0.15, -0.1) is 0 Å². The van der Waals surface area contributed by atoms with E-state index in [1.807, 2.05) is 6.07 Å². The smallest absolute Gasteiger partial charge is 0.265 e. The first-order chi connectivity index (χ1) is 11.6. The van der Waals surface area contributed by atoms with Gasteiger partial charge in [-0.3, -0.25) is 14.2 Å². The van der Waals surface area contributed by atoms with E-state index < -0.39 is 11.5 Å². The Morgan fingerprint density at radius 3 is 2.79 bits per heavy atom. The van der Waals surface area contributed by atoms with Crippen LogP contribution in [0.3, 0.4) is 0 Å². The van der Waals surface area contributed by atoms with Crippen molar-refractivity contribution in [3.8, 4) is 6.07 Å². The molecule has 8 heteroatoms. The van der Waals surface area contributed by atoms with E-state index >= 15 is 0 Å². The molecule has 0 radical (unpaired) electrons. The summed E-state index contributed by atoms with van der Waals surface area (Å²) < 4.78 is 6.37. The summed E-state index contributed by atoms with van der Waals surface area (Å²) in [6, 6.07) is 8.29. The number of fused-ring (bicyclic) bond motifs is 1. The number of aliphatic hydroxyl groups is 1. The molecule has 0 atom stereocenters. The van der Waals surface area contributed by atoms with Crippen LogP contribution >= 0.6 is 0 Å². The van der Waals surface area contributed by atoms with E-state index in [1.54, 1.807) is 24.3 Å². The van der Waals surface area contributed by atoms with Crippen molar-refractivity contribution < 1.29 is 14.3 Å². The molecule has 2 aromatic heterocycles.